The van der Waals surface area contributed by atoms with Crippen LogP contribution in [0.3, 0.4) is 0 Å². The van der Waals surface area contributed by atoms with Crippen molar-refractivity contribution in [2.24, 2.45) is 0 Å². The molecule has 3 nitrogen and oxygen atoms in total. The Morgan fingerprint density at radius 2 is 1.81 bits per heavy atom. The Hall–Kier alpha value is -1.56. The van der Waals surface area contributed by atoms with Gasteiger partial charge in [0.05, 0.1) is 5.69 Å². The molecule has 1 heterocycles. The van der Waals surface area contributed by atoms with Gasteiger partial charge >= 0.3 is 0 Å². The number of benzene rings is 2. The van der Waals surface area contributed by atoms with Gasteiger partial charge in [-0.1, -0.05) is 52.9 Å². The number of nitrogens with one attached hydrogen (secondary N) is 1. The van der Waals surface area contributed by atoms with Crippen LogP contribution in [0.5, 0.6) is 0 Å². The van der Waals surface area contributed by atoms with Crippen LogP contribution in [0.25, 0.3) is 0 Å². The van der Waals surface area contributed by atoms with E-state index < -0.39 is 5.54 Å². The van der Waals surface area contributed by atoms with Gasteiger partial charge in [0.1, 0.15) is 13.4 Å². The number of rotatable bonds is 2. The number of amides is 1. The summed E-state index contributed by atoms with van der Waals surface area (Å²) in [7, 11) is 2.06. The maximum atomic E-state index is 13.5. The average molecular weight is 403 g/mol. The number of thiocarbonyl (C=S) groups is 1. The topological polar surface area (TPSA) is 32.3 Å². The monoisotopic (exact) mass is 402 g/mol. The van der Waals surface area contributed by atoms with Gasteiger partial charge in [0.15, 0.2) is 5.11 Å². The van der Waals surface area contributed by atoms with Crippen molar-refractivity contribution >= 4 is 65.4 Å². The van der Waals surface area contributed by atoms with Gasteiger partial charge in [-0.05, 0) is 55.2 Å². The molecular formula is C19H17BCl2N2OS. The van der Waals surface area contributed by atoms with E-state index in [-0.39, 0.29) is 11.8 Å². The Morgan fingerprint density at radius 3 is 2.46 bits per heavy atom. The standard InChI is InChI=1S/C19H17BCl2N2OS/c20-12-5-3-11(4-6-12)16-2-1-7-19(16)17(25)24(18(26)23-19)15-9-13(21)8-14(22)10-15/h3-6,8-10,16H,1-2,7,20H2,(H,23,26)/t16-,19+/m0/s1. The zero-order valence-corrected chi connectivity index (χ0v) is 16.6. The van der Waals surface area contributed by atoms with E-state index in [2.05, 4.69) is 37.4 Å². The highest BCUT2D eigenvalue weighted by Gasteiger charge is 2.57. The molecule has 2 atom stereocenters. The van der Waals surface area contributed by atoms with Crippen molar-refractivity contribution in [3.63, 3.8) is 0 Å². The molecule has 1 aliphatic carbocycles. The second kappa shape index (κ2) is 6.56. The predicted molar refractivity (Wildman–Crippen MR) is 114 cm³/mol. The summed E-state index contributed by atoms with van der Waals surface area (Å²) in [5, 5.41) is 4.72. The summed E-state index contributed by atoms with van der Waals surface area (Å²) in [6.07, 6.45) is 2.69. The zero-order chi connectivity index (χ0) is 18.5. The van der Waals surface area contributed by atoms with Crippen LogP contribution in [0.2, 0.25) is 10.0 Å². The first-order valence-electron chi connectivity index (χ1n) is 8.60. The van der Waals surface area contributed by atoms with Crippen LogP contribution in [0.15, 0.2) is 42.5 Å². The highest BCUT2D eigenvalue weighted by Crippen LogP contribution is 2.47. The maximum absolute atomic E-state index is 13.5. The molecule has 2 fully saturated rings. The molecule has 2 aromatic rings. The maximum Gasteiger partial charge on any atom is 0.259 e. The van der Waals surface area contributed by atoms with Crippen molar-refractivity contribution in [1.29, 1.82) is 0 Å². The quantitative estimate of drug-likeness (QED) is 0.618. The van der Waals surface area contributed by atoms with E-state index >= 15 is 0 Å². The molecular weight excluding hydrogens is 386 g/mol. The molecule has 1 saturated heterocycles. The van der Waals surface area contributed by atoms with Gasteiger partial charge < -0.3 is 5.32 Å². The van der Waals surface area contributed by atoms with Gasteiger partial charge in [0.25, 0.3) is 5.91 Å². The minimum Gasteiger partial charge on any atom is -0.347 e. The molecule has 2 aromatic carbocycles. The van der Waals surface area contributed by atoms with Crippen LogP contribution in [0, 0.1) is 0 Å². The first-order chi connectivity index (χ1) is 12.4. The Kier molecular flexibility index (Phi) is 4.50. The van der Waals surface area contributed by atoms with Crippen molar-refractivity contribution in [1.82, 2.24) is 5.32 Å². The van der Waals surface area contributed by atoms with E-state index in [1.165, 1.54) is 11.0 Å². The highest BCUT2D eigenvalue weighted by atomic mass is 35.5. The van der Waals surface area contributed by atoms with Crippen molar-refractivity contribution in [2.45, 2.75) is 30.7 Å². The normalized spacial score (nSPS) is 25.2. The van der Waals surface area contributed by atoms with Gasteiger partial charge in [-0.2, -0.15) is 0 Å². The molecule has 0 radical (unpaired) electrons. The Balaban J connectivity index is 1.74. The molecule has 4 rings (SSSR count). The molecule has 132 valence electrons. The van der Waals surface area contributed by atoms with Crippen LogP contribution >= 0.6 is 35.4 Å². The molecule has 1 N–H and O–H groups in total. The number of nitrogens with zero attached hydrogens (tertiary/aromatic N) is 1. The van der Waals surface area contributed by atoms with Crippen molar-refractivity contribution in [3.05, 3.63) is 58.1 Å². The molecule has 1 saturated carbocycles. The molecule has 7 heteroatoms. The number of halogens is 2. The summed E-state index contributed by atoms with van der Waals surface area (Å²) >= 11 is 17.8. The van der Waals surface area contributed by atoms with Gasteiger partial charge in [-0.25, -0.2) is 0 Å². The van der Waals surface area contributed by atoms with E-state index in [4.69, 9.17) is 35.4 Å². The molecule has 1 amide bonds. The molecule has 2 aliphatic rings. The minimum atomic E-state index is -0.693. The van der Waals surface area contributed by atoms with Crippen LogP contribution in [-0.4, -0.2) is 24.4 Å². The molecule has 26 heavy (non-hydrogen) atoms. The van der Waals surface area contributed by atoms with E-state index in [1.54, 1.807) is 23.1 Å². The second-order valence-electron chi connectivity index (χ2n) is 7.03. The third kappa shape index (κ3) is 2.83. The van der Waals surface area contributed by atoms with Crippen molar-refractivity contribution in [2.75, 3.05) is 4.90 Å². The van der Waals surface area contributed by atoms with E-state index in [1.807, 2.05) is 0 Å². The molecule has 1 spiro atoms. The summed E-state index contributed by atoms with van der Waals surface area (Å²) in [5.74, 6) is 0.0668. The lowest BCUT2D eigenvalue weighted by Crippen LogP contribution is -2.49. The summed E-state index contributed by atoms with van der Waals surface area (Å²) < 4.78 is 0. The zero-order valence-electron chi connectivity index (χ0n) is 14.3. The summed E-state index contributed by atoms with van der Waals surface area (Å²) in [5.41, 5.74) is 2.29. The first-order valence-corrected chi connectivity index (χ1v) is 9.76. The van der Waals surface area contributed by atoms with Gasteiger partial charge in [-0.15, -0.1) is 0 Å². The fraction of sp³-hybridized carbons (Fsp3) is 0.263. The van der Waals surface area contributed by atoms with Gasteiger partial charge in [-0.3, -0.25) is 9.69 Å². The van der Waals surface area contributed by atoms with Crippen LogP contribution < -0.4 is 15.7 Å². The third-order valence-electron chi connectivity index (χ3n) is 5.36. The lowest BCUT2D eigenvalue weighted by atomic mass is 9.80. The first kappa shape index (κ1) is 17.8. The van der Waals surface area contributed by atoms with E-state index in [0.717, 1.165) is 19.3 Å². The van der Waals surface area contributed by atoms with E-state index in [9.17, 15) is 4.79 Å². The summed E-state index contributed by atoms with van der Waals surface area (Å²) in [6.45, 7) is 0. The fourth-order valence-electron chi connectivity index (χ4n) is 4.16. The lowest BCUT2D eigenvalue weighted by Gasteiger charge is -2.29. The third-order valence-corrected chi connectivity index (χ3v) is 6.08. The SMILES string of the molecule is Bc1ccc([C@@H]2CCC[C@@]23NC(=S)N(c2cc(Cl)cc(Cl)c2)C3=O)cc1. The minimum absolute atomic E-state index is 0.0242. The van der Waals surface area contributed by atoms with Crippen LogP contribution in [0.4, 0.5) is 5.69 Å². The number of hydrogen-bond acceptors (Lipinski definition) is 2. The van der Waals surface area contributed by atoms with Crippen LogP contribution in [0.1, 0.15) is 30.7 Å². The number of carbonyl (C=O) groups excluding carboxylic acids is 1. The number of anilines is 1. The number of hydrogen-bond donors (Lipinski definition) is 1. The van der Waals surface area contributed by atoms with Crippen molar-refractivity contribution < 1.29 is 4.79 Å². The highest BCUT2D eigenvalue weighted by molar-refractivity contribution is 7.80. The van der Waals surface area contributed by atoms with Crippen molar-refractivity contribution in [3.8, 4) is 0 Å². The summed E-state index contributed by atoms with van der Waals surface area (Å²) in [4.78, 5) is 15.0. The number of carbonyl (C=O) groups is 1. The van der Waals surface area contributed by atoms with Crippen LogP contribution in [-0.2, 0) is 4.79 Å². The molecule has 0 bridgehead atoms. The Morgan fingerprint density at radius 1 is 1.15 bits per heavy atom. The molecule has 0 unspecified atom stereocenters. The fourth-order valence-corrected chi connectivity index (χ4v) is 5.04. The lowest BCUT2D eigenvalue weighted by molar-refractivity contribution is -0.122. The predicted octanol–water partition coefficient (Wildman–Crippen LogP) is 3.18. The Bertz CT molecular complexity index is 885. The Labute approximate surface area is 169 Å². The summed E-state index contributed by atoms with van der Waals surface area (Å²) in [6, 6.07) is 13.5. The van der Waals surface area contributed by atoms with Gasteiger partial charge in [0, 0.05) is 16.0 Å². The smallest absolute Gasteiger partial charge is 0.259 e. The second-order valence-corrected chi connectivity index (χ2v) is 8.28. The molecule has 0 aromatic heterocycles. The van der Waals surface area contributed by atoms with Gasteiger partial charge in [0.2, 0.25) is 0 Å². The largest absolute Gasteiger partial charge is 0.347 e. The molecule has 1 aliphatic heterocycles. The average Bonchev–Trinajstić information content (AvgIpc) is 3.09. The van der Waals surface area contributed by atoms with E-state index in [0.29, 0.717) is 20.8 Å².